The van der Waals surface area contributed by atoms with Crippen LogP contribution in [-0.4, -0.2) is 44.5 Å². The van der Waals surface area contributed by atoms with E-state index in [-0.39, 0.29) is 18.4 Å². The molecule has 0 spiro atoms. The third-order valence-electron chi connectivity index (χ3n) is 5.53. The van der Waals surface area contributed by atoms with Gasteiger partial charge in [-0.1, -0.05) is 25.1 Å². The van der Waals surface area contributed by atoms with Crippen LogP contribution >= 0.6 is 0 Å². The Morgan fingerprint density at radius 3 is 2.79 bits per heavy atom. The predicted molar refractivity (Wildman–Crippen MR) is 128 cm³/mol. The minimum atomic E-state index is -0.193. The van der Waals surface area contributed by atoms with E-state index in [2.05, 4.69) is 37.5 Å². The molecule has 0 bridgehead atoms. The van der Waals surface area contributed by atoms with Gasteiger partial charge in [0.05, 0.1) is 23.4 Å². The molecule has 3 heterocycles. The summed E-state index contributed by atoms with van der Waals surface area (Å²) in [6.45, 7) is 2.50. The minimum Gasteiger partial charge on any atom is -0.392 e. The third-order valence-corrected chi connectivity index (χ3v) is 5.53. The Balaban J connectivity index is 1.55. The maximum absolute atomic E-state index is 12.2. The first-order valence-corrected chi connectivity index (χ1v) is 10.5. The maximum atomic E-state index is 12.2. The number of carbonyl (C=O) groups is 1. The lowest BCUT2D eigenvalue weighted by molar-refractivity contribution is 0.0964. The van der Waals surface area contributed by atoms with Crippen molar-refractivity contribution in [3.63, 3.8) is 0 Å². The molecule has 0 aliphatic rings. The van der Waals surface area contributed by atoms with Crippen LogP contribution in [0.2, 0.25) is 0 Å². The number of hydrogen-bond donors (Lipinski definition) is 4. The number of nitrogens with two attached hydrogens (primary N) is 1. The van der Waals surface area contributed by atoms with E-state index in [0.29, 0.717) is 35.0 Å². The highest BCUT2D eigenvalue weighted by molar-refractivity contribution is 6.06. The largest absolute Gasteiger partial charge is 0.392 e. The van der Waals surface area contributed by atoms with E-state index in [9.17, 15) is 9.90 Å². The van der Waals surface area contributed by atoms with Crippen LogP contribution in [0.3, 0.4) is 0 Å². The third kappa shape index (κ3) is 4.58. The molecule has 9 nitrogen and oxygen atoms in total. The molecule has 5 N–H and O–H groups in total. The number of fused-ring (bicyclic) bond motifs is 1. The number of aliphatic hydroxyl groups excluding tert-OH is 1. The Bertz CT molecular complexity index is 1310. The number of aromatic nitrogens is 4. The summed E-state index contributed by atoms with van der Waals surface area (Å²) < 4.78 is 0. The number of aliphatic hydroxyl groups is 1. The van der Waals surface area contributed by atoms with Crippen LogP contribution in [0, 0.1) is 0 Å². The lowest BCUT2D eigenvalue weighted by Crippen LogP contribution is -2.18. The van der Waals surface area contributed by atoms with E-state index in [1.165, 1.54) is 6.33 Å². The fraction of sp³-hybridized carbons (Fsp3) is 0.208. The molecule has 0 radical (unpaired) electrons. The first kappa shape index (κ1) is 22.1. The average molecular weight is 444 g/mol. The van der Waals surface area contributed by atoms with Gasteiger partial charge in [-0.25, -0.2) is 15.0 Å². The van der Waals surface area contributed by atoms with Crippen molar-refractivity contribution in [2.75, 3.05) is 24.6 Å². The van der Waals surface area contributed by atoms with Crippen LogP contribution < -0.4 is 16.4 Å². The van der Waals surface area contributed by atoms with E-state index < -0.39 is 0 Å². The molecule has 1 aromatic carbocycles. The number of nitrogens with zero attached hydrogens (tertiary/aromatic N) is 4. The smallest absolute Gasteiger partial charge is 0.251 e. The Hall–Kier alpha value is -4.11. The molecule has 0 aliphatic carbocycles. The molecule has 0 aliphatic heterocycles. The fourth-order valence-corrected chi connectivity index (χ4v) is 3.70. The lowest BCUT2D eigenvalue weighted by Gasteiger charge is -2.16. The van der Waals surface area contributed by atoms with Crippen molar-refractivity contribution in [3.05, 3.63) is 71.8 Å². The van der Waals surface area contributed by atoms with Crippen LogP contribution in [0.5, 0.6) is 0 Å². The van der Waals surface area contributed by atoms with Gasteiger partial charge in [-0.15, -0.1) is 0 Å². The number of carbonyl (C=O) groups excluding carboxylic acids is 1. The number of benzene rings is 1. The Kier molecular flexibility index (Phi) is 6.41. The van der Waals surface area contributed by atoms with Crippen LogP contribution in [0.1, 0.15) is 34.3 Å². The number of rotatable bonds is 7. The van der Waals surface area contributed by atoms with Gasteiger partial charge in [0.1, 0.15) is 18.0 Å². The van der Waals surface area contributed by atoms with E-state index >= 15 is 0 Å². The summed E-state index contributed by atoms with van der Waals surface area (Å²) >= 11 is 0. The highest BCUT2D eigenvalue weighted by Crippen LogP contribution is 2.27. The van der Waals surface area contributed by atoms with E-state index in [0.717, 1.165) is 22.0 Å². The monoisotopic (exact) mass is 443 g/mol. The van der Waals surface area contributed by atoms with Gasteiger partial charge >= 0.3 is 0 Å². The Labute approximate surface area is 191 Å². The quantitative estimate of drug-likeness (QED) is 0.342. The van der Waals surface area contributed by atoms with Crippen molar-refractivity contribution < 1.29 is 9.90 Å². The number of hydrogen-bond acceptors (Lipinski definition) is 8. The molecular weight excluding hydrogens is 418 g/mol. The SMILES string of the molecule is CNC(=O)c1ccnc2c([C@H](C)CNc3cc(-c4cnc(N)c(CO)c4)ncn3)cccc12. The minimum absolute atomic E-state index is 0.0961. The first-order valence-electron chi connectivity index (χ1n) is 10.5. The molecule has 9 heteroatoms. The summed E-state index contributed by atoms with van der Waals surface area (Å²) in [5.74, 6) is 0.915. The summed E-state index contributed by atoms with van der Waals surface area (Å²) in [6.07, 6.45) is 4.76. The Morgan fingerprint density at radius 1 is 1.15 bits per heavy atom. The average Bonchev–Trinajstić information content (AvgIpc) is 2.86. The second-order valence-corrected chi connectivity index (χ2v) is 7.68. The number of para-hydroxylation sites is 1. The van der Waals surface area contributed by atoms with E-state index in [4.69, 9.17) is 5.73 Å². The van der Waals surface area contributed by atoms with Crippen molar-refractivity contribution in [1.29, 1.82) is 0 Å². The van der Waals surface area contributed by atoms with Crippen LogP contribution in [0.15, 0.2) is 55.1 Å². The zero-order valence-electron chi connectivity index (χ0n) is 18.4. The number of nitrogen functional groups attached to an aromatic ring is 1. The normalized spacial score (nSPS) is 11.8. The van der Waals surface area contributed by atoms with E-state index in [1.54, 1.807) is 31.6 Å². The number of nitrogens with one attached hydrogen (secondary N) is 2. The fourth-order valence-electron chi connectivity index (χ4n) is 3.70. The van der Waals surface area contributed by atoms with Crippen molar-refractivity contribution in [3.8, 4) is 11.3 Å². The summed E-state index contributed by atoms with van der Waals surface area (Å²) in [6, 6.07) is 11.2. The number of pyridine rings is 2. The van der Waals surface area contributed by atoms with Crippen LogP contribution in [0.4, 0.5) is 11.6 Å². The molecule has 0 fully saturated rings. The summed E-state index contributed by atoms with van der Waals surface area (Å²) in [7, 11) is 1.62. The van der Waals surface area contributed by atoms with Gasteiger partial charge in [-0.3, -0.25) is 9.78 Å². The Morgan fingerprint density at radius 2 is 2.00 bits per heavy atom. The summed E-state index contributed by atoms with van der Waals surface area (Å²) in [4.78, 5) is 29.5. The van der Waals surface area contributed by atoms with Crippen LogP contribution in [-0.2, 0) is 6.61 Å². The molecule has 0 saturated heterocycles. The standard InChI is InChI=1S/C24H25N7O2/c1-14(17-4-3-5-18-19(24(33)26-2)6-7-27-22(17)18)10-28-21-9-20(30-13-31-21)15-8-16(12-32)23(25)29-11-15/h3-9,11,13-14,32H,10,12H2,1-2H3,(H2,25,29)(H,26,33)(H,28,30,31)/t14-/m1/s1. The van der Waals surface area contributed by atoms with E-state index in [1.807, 2.05) is 24.3 Å². The molecule has 1 amide bonds. The highest BCUT2D eigenvalue weighted by atomic mass is 16.3. The lowest BCUT2D eigenvalue weighted by atomic mass is 9.96. The molecule has 1 atom stereocenters. The zero-order valence-corrected chi connectivity index (χ0v) is 18.4. The first-order chi connectivity index (χ1) is 16.0. The van der Waals surface area contributed by atoms with Gasteiger partial charge in [0.2, 0.25) is 0 Å². The highest BCUT2D eigenvalue weighted by Gasteiger charge is 2.15. The van der Waals surface area contributed by atoms with Crippen LogP contribution in [0.25, 0.3) is 22.2 Å². The molecule has 4 rings (SSSR count). The van der Waals surface area contributed by atoms with Crippen molar-refractivity contribution in [2.45, 2.75) is 19.4 Å². The van der Waals surface area contributed by atoms with Gasteiger partial charge < -0.3 is 21.5 Å². The molecule has 3 aromatic heterocycles. The number of anilines is 2. The number of amides is 1. The molecular formula is C24H25N7O2. The molecule has 4 aromatic rings. The predicted octanol–water partition coefficient (Wildman–Crippen LogP) is 2.74. The molecule has 0 unspecified atom stereocenters. The summed E-state index contributed by atoms with van der Waals surface area (Å²) in [5.41, 5.74) is 10.2. The van der Waals surface area contributed by atoms with Gasteiger partial charge in [0, 0.05) is 54.5 Å². The molecule has 0 saturated carbocycles. The maximum Gasteiger partial charge on any atom is 0.251 e. The molecule has 33 heavy (non-hydrogen) atoms. The second-order valence-electron chi connectivity index (χ2n) is 7.68. The zero-order chi connectivity index (χ0) is 23.4. The van der Waals surface area contributed by atoms with Crippen molar-refractivity contribution >= 4 is 28.4 Å². The second kappa shape index (κ2) is 9.58. The van der Waals surface area contributed by atoms with Gasteiger partial charge in [0.25, 0.3) is 5.91 Å². The van der Waals surface area contributed by atoms with Crippen molar-refractivity contribution in [2.24, 2.45) is 0 Å². The van der Waals surface area contributed by atoms with Crippen molar-refractivity contribution in [1.82, 2.24) is 25.3 Å². The molecule has 168 valence electrons. The van der Waals surface area contributed by atoms with Gasteiger partial charge in [-0.2, -0.15) is 0 Å². The summed E-state index contributed by atoms with van der Waals surface area (Å²) in [5, 5.41) is 16.3. The van der Waals surface area contributed by atoms with Gasteiger partial charge in [0.15, 0.2) is 0 Å². The topological polar surface area (TPSA) is 139 Å². The van der Waals surface area contributed by atoms with Gasteiger partial charge in [-0.05, 0) is 17.7 Å².